The Labute approximate surface area is 208 Å². The van der Waals surface area contributed by atoms with Crippen LogP contribution in [0.5, 0.6) is 5.75 Å². The SMILES string of the molecule is COc1ccc2c(c1)[C@H](n1c3ccccc3c3ccccc31)C[C@@H](/C=C/c1ccc([N+](=O)[O-])cc1)N2. The van der Waals surface area contributed by atoms with E-state index in [-0.39, 0.29) is 22.7 Å². The number of rotatable bonds is 5. The summed E-state index contributed by atoms with van der Waals surface area (Å²) in [5.41, 5.74) is 5.71. The number of anilines is 1. The van der Waals surface area contributed by atoms with Crippen molar-refractivity contribution in [3.05, 3.63) is 118 Å². The fraction of sp³-hybridized carbons (Fsp3) is 0.133. The van der Waals surface area contributed by atoms with Crippen molar-refractivity contribution in [1.82, 2.24) is 4.57 Å². The third-order valence-corrected chi connectivity index (χ3v) is 6.99. The van der Waals surface area contributed by atoms with Crippen LogP contribution < -0.4 is 10.1 Å². The maximum absolute atomic E-state index is 11.0. The largest absolute Gasteiger partial charge is 0.497 e. The summed E-state index contributed by atoms with van der Waals surface area (Å²) >= 11 is 0. The van der Waals surface area contributed by atoms with Gasteiger partial charge in [0, 0.05) is 51.2 Å². The van der Waals surface area contributed by atoms with Gasteiger partial charge in [0.25, 0.3) is 5.69 Å². The summed E-state index contributed by atoms with van der Waals surface area (Å²) in [5, 5.41) is 17.1. The Morgan fingerprint density at radius 1 is 0.944 bits per heavy atom. The maximum Gasteiger partial charge on any atom is 0.269 e. The lowest BCUT2D eigenvalue weighted by Gasteiger charge is -2.34. The molecule has 0 fully saturated rings. The Balaban J connectivity index is 1.45. The number of non-ortho nitro benzene ring substituents is 1. The number of nitrogens with zero attached hydrogens (tertiary/aromatic N) is 2. The van der Waals surface area contributed by atoms with Gasteiger partial charge >= 0.3 is 0 Å². The number of nitro benzene ring substituents is 1. The van der Waals surface area contributed by atoms with Crippen molar-refractivity contribution in [2.24, 2.45) is 0 Å². The van der Waals surface area contributed by atoms with Crippen LogP contribution in [0.15, 0.2) is 97.1 Å². The van der Waals surface area contributed by atoms with E-state index in [0.29, 0.717) is 0 Å². The number of nitro groups is 1. The Morgan fingerprint density at radius 3 is 2.25 bits per heavy atom. The summed E-state index contributed by atoms with van der Waals surface area (Å²) in [4.78, 5) is 10.6. The van der Waals surface area contributed by atoms with Crippen molar-refractivity contribution < 1.29 is 9.66 Å². The normalized spacial score (nSPS) is 17.2. The highest BCUT2D eigenvalue weighted by molar-refractivity contribution is 6.08. The first-order chi connectivity index (χ1) is 17.6. The van der Waals surface area contributed by atoms with Crippen molar-refractivity contribution >= 4 is 39.3 Å². The zero-order valence-corrected chi connectivity index (χ0v) is 19.8. The molecule has 6 rings (SSSR count). The lowest BCUT2D eigenvalue weighted by atomic mass is 9.91. The zero-order chi connectivity index (χ0) is 24.6. The van der Waals surface area contributed by atoms with Crippen LogP contribution >= 0.6 is 0 Å². The predicted molar refractivity (Wildman–Crippen MR) is 145 cm³/mol. The Hall–Kier alpha value is -4.58. The second-order valence-corrected chi connectivity index (χ2v) is 9.07. The first-order valence-corrected chi connectivity index (χ1v) is 12.0. The van der Waals surface area contributed by atoms with Crippen molar-refractivity contribution in [3.8, 4) is 5.75 Å². The number of nitrogens with one attached hydrogen (secondary N) is 1. The highest BCUT2D eigenvalue weighted by atomic mass is 16.6. The quantitative estimate of drug-likeness (QED) is 0.216. The maximum atomic E-state index is 11.0. The van der Waals surface area contributed by atoms with Crippen molar-refractivity contribution in [2.45, 2.75) is 18.5 Å². The second kappa shape index (κ2) is 8.89. The van der Waals surface area contributed by atoms with Crippen LogP contribution in [-0.2, 0) is 0 Å². The molecule has 2 atom stereocenters. The zero-order valence-electron chi connectivity index (χ0n) is 19.8. The van der Waals surface area contributed by atoms with Gasteiger partial charge in [-0.1, -0.05) is 48.6 Å². The highest BCUT2D eigenvalue weighted by Gasteiger charge is 2.29. The highest BCUT2D eigenvalue weighted by Crippen LogP contribution is 2.42. The van der Waals surface area contributed by atoms with Crippen molar-refractivity contribution in [1.29, 1.82) is 0 Å². The molecule has 0 aliphatic carbocycles. The van der Waals surface area contributed by atoms with Gasteiger partial charge in [-0.05, 0) is 54.4 Å². The summed E-state index contributed by atoms with van der Waals surface area (Å²) in [6.07, 6.45) is 5.01. The molecule has 0 saturated carbocycles. The molecule has 178 valence electrons. The molecule has 6 heteroatoms. The molecule has 0 amide bonds. The number of aromatic nitrogens is 1. The van der Waals surface area contributed by atoms with Gasteiger partial charge in [-0.3, -0.25) is 10.1 Å². The van der Waals surface area contributed by atoms with Crippen molar-refractivity contribution in [3.63, 3.8) is 0 Å². The molecule has 0 unspecified atom stereocenters. The molecule has 6 nitrogen and oxygen atoms in total. The second-order valence-electron chi connectivity index (χ2n) is 9.07. The molecule has 0 saturated heterocycles. The van der Waals surface area contributed by atoms with Gasteiger partial charge in [0.1, 0.15) is 5.75 Å². The van der Waals surface area contributed by atoms with Gasteiger partial charge in [-0.2, -0.15) is 0 Å². The van der Waals surface area contributed by atoms with Crippen LogP contribution in [0.4, 0.5) is 11.4 Å². The number of hydrogen-bond acceptors (Lipinski definition) is 4. The van der Waals surface area contributed by atoms with Crippen LogP contribution in [0.1, 0.15) is 23.6 Å². The molecular weight excluding hydrogens is 450 g/mol. The third kappa shape index (κ3) is 3.77. The average Bonchev–Trinajstić information content (AvgIpc) is 3.25. The van der Waals surface area contributed by atoms with Crippen LogP contribution in [0.25, 0.3) is 27.9 Å². The molecule has 0 bridgehead atoms. The minimum absolute atomic E-state index is 0.0750. The fourth-order valence-electron chi connectivity index (χ4n) is 5.30. The van der Waals surface area contributed by atoms with E-state index in [4.69, 9.17) is 4.74 Å². The standard InChI is InChI=1S/C30H25N3O3/c1-36-23-16-17-27-26(19-23)30(18-21(31-27)13-10-20-11-14-22(15-12-20)33(34)35)32-28-8-4-2-6-24(28)25-7-3-5-9-29(25)32/h2-17,19,21,30-31H,18H2,1H3/b13-10+/t21-,30-/m1/s1. The number of fused-ring (bicyclic) bond motifs is 4. The monoisotopic (exact) mass is 475 g/mol. The van der Waals surface area contributed by atoms with Gasteiger partial charge in [0.2, 0.25) is 0 Å². The molecule has 1 aromatic heterocycles. The number of para-hydroxylation sites is 2. The molecule has 1 N–H and O–H groups in total. The molecule has 4 aromatic carbocycles. The molecular formula is C30H25N3O3. The van der Waals surface area contributed by atoms with E-state index in [1.54, 1.807) is 19.2 Å². The summed E-state index contributed by atoms with van der Waals surface area (Å²) in [6, 6.07) is 30.1. The van der Waals surface area contributed by atoms with E-state index in [1.165, 1.54) is 39.5 Å². The smallest absolute Gasteiger partial charge is 0.269 e. The number of hydrogen-bond donors (Lipinski definition) is 1. The van der Waals surface area contributed by atoms with Gasteiger partial charge in [0.05, 0.1) is 18.1 Å². The van der Waals surface area contributed by atoms with E-state index in [0.717, 1.165) is 23.4 Å². The number of ether oxygens (including phenoxy) is 1. The van der Waals surface area contributed by atoms with Gasteiger partial charge in [-0.15, -0.1) is 0 Å². The molecule has 0 spiro atoms. The lowest BCUT2D eigenvalue weighted by Crippen LogP contribution is -2.29. The third-order valence-electron chi connectivity index (χ3n) is 6.99. The van der Waals surface area contributed by atoms with Gasteiger partial charge < -0.3 is 14.6 Å². The van der Waals surface area contributed by atoms with E-state index < -0.39 is 0 Å². The minimum atomic E-state index is -0.377. The average molecular weight is 476 g/mol. The Morgan fingerprint density at radius 2 is 1.61 bits per heavy atom. The van der Waals surface area contributed by atoms with E-state index in [9.17, 15) is 10.1 Å². The molecule has 1 aliphatic heterocycles. The molecule has 0 radical (unpaired) electrons. The van der Waals surface area contributed by atoms with Gasteiger partial charge in [0.15, 0.2) is 0 Å². The Kier molecular flexibility index (Phi) is 5.41. The summed E-state index contributed by atoms with van der Waals surface area (Å²) in [7, 11) is 1.70. The molecule has 36 heavy (non-hydrogen) atoms. The van der Waals surface area contributed by atoms with Crippen molar-refractivity contribution in [2.75, 3.05) is 12.4 Å². The summed E-state index contributed by atoms with van der Waals surface area (Å²) < 4.78 is 8.04. The number of methoxy groups -OCH3 is 1. The summed E-state index contributed by atoms with van der Waals surface area (Å²) in [5.74, 6) is 0.834. The Bertz CT molecular complexity index is 1570. The van der Waals surface area contributed by atoms with Crippen LogP contribution in [0.2, 0.25) is 0 Å². The topological polar surface area (TPSA) is 69.3 Å². The fourth-order valence-corrected chi connectivity index (χ4v) is 5.30. The number of benzene rings is 4. The van der Waals surface area contributed by atoms with E-state index in [1.807, 2.05) is 12.1 Å². The lowest BCUT2D eigenvalue weighted by molar-refractivity contribution is -0.384. The molecule has 2 heterocycles. The van der Waals surface area contributed by atoms with E-state index in [2.05, 4.69) is 76.6 Å². The van der Waals surface area contributed by atoms with E-state index >= 15 is 0 Å². The van der Waals surface area contributed by atoms with Crippen LogP contribution in [0, 0.1) is 10.1 Å². The molecule has 5 aromatic rings. The van der Waals surface area contributed by atoms with Gasteiger partial charge in [-0.25, -0.2) is 0 Å². The first kappa shape index (κ1) is 21.9. The molecule has 1 aliphatic rings. The van der Waals surface area contributed by atoms with Crippen LogP contribution in [-0.4, -0.2) is 22.6 Å². The summed E-state index contributed by atoms with van der Waals surface area (Å²) in [6.45, 7) is 0. The first-order valence-electron chi connectivity index (χ1n) is 12.0. The minimum Gasteiger partial charge on any atom is -0.497 e. The predicted octanol–water partition coefficient (Wildman–Crippen LogP) is 7.20. The van der Waals surface area contributed by atoms with Crippen LogP contribution in [0.3, 0.4) is 0 Å².